The molecule has 0 aliphatic rings. The summed E-state index contributed by atoms with van der Waals surface area (Å²) in [4.78, 5) is 38.2. The Morgan fingerprint density at radius 2 is 1.96 bits per heavy atom. The Bertz CT molecular complexity index is 1070. The predicted octanol–water partition coefficient (Wildman–Crippen LogP) is 1.80. The molecule has 25 heavy (non-hydrogen) atoms. The maximum atomic E-state index is 13.3. The number of carbonyl (C=O) groups excluding carboxylic acids is 1. The van der Waals surface area contributed by atoms with Crippen molar-refractivity contribution in [1.29, 1.82) is 0 Å². The third kappa shape index (κ3) is 3.61. The number of aromatic nitrogens is 2. The van der Waals surface area contributed by atoms with Crippen molar-refractivity contribution in [3.63, 3.8) is 0 Å². The van der Waals surface area contributed by atoms with E-state index in [1.807, 2.05) is 0 Å². The summed E-state index contributed by atoms with van der Waals surface area (Å²) >= 11 is 6.02. The van der Waals surface area contributed by atoms with Crippen LogP contribution in [0.1, 0.15) is 5.56 Å². The van der Waals surface area contributed by atoms with Crippen molar-refractivity contribution in [2.45, 2.75) is 13.1 Å². The highest BCUT2D eigenvalue weighted by Gasteiger charge is 2.12. The van der Waals surface area contributed by atoms with Gasteiger partial charge in [0.05, 0.1) is 11.0 Å². The van der Waals surface area contributed by atoms with Crippen LogP contribution in [0.5, 0.6) is 0 Å². The van der Waals surface area contributed by atoms with Crippen LogP contribution in [0.2, 0.25) is 5.02 Å². The number of nitrogens with one attached hydrogen (secondary N) is 2. The average Bonchev–Trinajstić information content (AvgIpc) is 2.58. The summed E-state index contributed by atoms with van der Waals surface area (Å²) in [6, 6.07) is 10.6. The van der Waals surface area contributed by atoms with Gasteiger partial charge in [0.15, 0.2) is 0 Å². The van der Waals surface area contributed by atoms with Crippen LogP contribution < -0.4 is 16.4 Å². The number of halogens is 2. The Morgan fingerprint density at radius 1 is 1.20 bits per heavy atom. The van der Waals surface area contributed by atoms with Gasteiger partial charge in [0.1, 0.15) is 12.4 Å². The van der Waals surface area contributed by atoms with E-state index >= 15 is 0 Å². The van der Waals surface area contributed by atoms with Gasteiger partial charge in [-0.05, 0) is 29.8 Å². The van der Waals surface area contributed by atoms with Gasteiger partial charge in [-0.1, -0.05) is 29.8 Å². The zero-order valence-electron chi connectivity index (χ0n) is 12.9. The standard InChI is InChI=1S/C17H13ClFN3O3/c18-12-4-2-1-3-10(12)8-20-15(23)9-22-14-6-5-11(19)7-13(14)21-16(24)17(22)25/h1-7H,8-9H2,(H,20,23)(H,21,24). The van der Waals surface area contributed by atoms with E-state index in [0.29, 0.717) is 5.02 Å². The quantitative estimate of drug-likeness (QED) is 0.695. The van der Waals surface area contributed by atoms with E-state index in [1.165, 1.54) is 6.07 Å². The van der Waals surface area contributed by atoms with Crippen molar-refractivity contribution >= 4 is 28.5 Å². The lowest BCUT2D eigenvalue weighted by Gasteiger charge is -2.11. The van der Waals surface area contributed by atoms with Crippen molar-refractivity contribution in [2.75, 3.05) is 0 Å². The number of benzene rings is 2. The van der Waals surface area contributed by atoms with Crippen LogP contribution in [-0.2, 0) is 17.9 Å². The normalized spacial score (nSPS) is 10.8. The SMILES string of the molecule is O=C(Cn1c(=O)c(=O)[nH]c2cc(F)ccc21)NCc1ccccc1Cl. The molecule has 0 aliphatic heterocycles. The predicted molar refractivity (Wildman–Crippen MR) is 92.1 cm³/mol. The molecule has 1 amide bonds. The lowest BCUT2D eigenvalue weighted by molar-refractivity contribution is -0.121. The van der Waals surface area contributed by atoms with Crippen LogP contribution in [0.3, 0.4) is 0 Å². The number of aromatic amines is 1. The summed E-state index contributed by atoms with van der Waals surface area (Å²) < 4.78 is 14.3. The van der Waals surface area contributed by atoms with E-state index < -0.39 is 22.8 Å². The number of hydrogen-bond acceptors (Lipinski definition) is 3. The van der Waals surface area contributed by atoms with Crippen LogP contribution in [0, 0.1) is 5.82 Å². The first kappa shape index (κ1) is 16.9. The molecule has 6 nitrogen and oxygen atoms in total. The van der Waals surface area contributed by atoms with Gasteiger partial charge in [0, 0.05) is 11.6 Å². The van der Waals surface area contributed by atoms with E-state index in [9.17, 15) is 18.8 Å². The minimum atomic E-state index is -0.919. The molecular weight excluding hydrogens is 349 g/mol. The number of H-pyrrole nitrogens is 1. The van der Waals surface area contributed by atoms with E-state index in [2.05, 4.69) is 10.3 Å². The minimum Gasteiger partial charge on any atom is -0.350 e. The Labute approximate surface area is 145 Å². The van der Waals surface area contributed by atoms with Crippen molar-refractivity contribution < 1.29 is 9.18 Å². The molecule has 0 unspecified atom stereocenters. The maximum Gasteiger partial charge on any atom is 0.317 e. The monoisotopic (exact) mass is 361 g/mol. The first-order valence-corrected chi connectivity index (χ1v) is 7.76. The van der Waals surface area contributed by atoms with Crippen molar-refractivity contribution in [3.8, 4) is 0 Å². The zero-order valence-corrected chi connectivity index (χ0v) is 13.6. The maximum absolute atomic E-state index is 13.3. The summed E-state index contributed by atoms with van der Waals surface area (Å²) in [5.74, 6) is -1.03. The minimum absolute atomic E-state index is 0.142. The molecule has 0 spiro atoms. The fourth-order valence-corrected chi connectivity index (χ4v) is 2.65. The lowest BCUT2D eigenvalue weighted by Crippen LogP contribution is -2.40. The van der Waals surface area contributed by atoms with Crippen LogP contribution in [0.4, 0.5) is 4.39 Å². The van der Waals surface area contributed by atoms with E-state index in [4.69, 9.17) is 11.6 Å². The summed E-state index contributed by atoms with van der Waals surface area (Å²) in [5.41, 5.74) is -0.672. The molecule has 1 aromatic heterocycles. The van der Waals surface area contributed by atoms with Gasteiger partial charge in [0.25, 0.3) is 0 Å². The summed E-state index contributed by atoms with van der Waals surface area (Å²) in [7, 11) is 0. The first-order chi connectivity index (χ1) is 12.0. The molecule has 0 atom stereocenters. The molecule has 0 bridgehead atoms. The highest BCUT2D eigenvalue weighted by molar-refractivity contribution is 6.31. The second-order valence-corrected chi connectivity index (χ2v) is 5.78. The number of fused-ring (bicyclic) bond motifs is 1. The average molecular weight is 362 g/mol. The highest BCUT2D eigenvalue weighted by atomic mass is 35.5. The van der Waals surface area contributed by atoms with Crippen molar-refractivity contribution in [1.82, 2.24) is 14.9 Å². The van der Waals surface area contributed by atoms with Crippen LogP contribution in [0.25, 0.3) is 11.0 Å². The van der Waals surface area contributed by atoms with E-state index in [1.54, 1.807) is 24.3 Å². The summed E-state index contributed by atoms with van der Waals surface area (Å²) in [6.07, 6.45) is 0. The topological polar surface area (TPSA) is 84.0 Å². The second-order valence-electron chi connectivity index (χ2n) is 5.38. The molecular formula is C17H13ClFN3O3. The van der Waals surface area contributed by atoms with E-state index in [-0.39, 0.29) is 24.1 Å². The molecule has 8 heteroatoms. The molecule has 2 N–H and O–H groups in total. The van der Waals surface area contributed by atoms with Gasteiger partial charge >= 0.3 is 11.1 Å². The number of amides is 1. The van der Waals surface area contributed by atoms with Crippen LogP contribution >= 0.6 is 11.6 Å². The van der Waals surface area contributed by atoms with Crippen molar-refractivity contribution in [2.24, 2.45) is 0 Å². The fraction of sp³-hybridized carbons (Fsp3) is 0.118. The largest absolute Gasteiger partial charge is 0.350 e. The molecule has 1 heterocycles. The molecule has 0 saturated carbocycles. The van der Waals surface area contributed by atoms with Crippen LogP contribution in [0.15, 0.2) is 52.1 Å². The second kappa shape index (κ2) is 6.90. The Hall–Kier alpha value is -2.93. The van der Waals surface area contributed by atoms with E-state index in [0.717, 1.165) is 22.3 Å². The fourth-order valence-electron chi connectivity index (χ4n) is 2.44. The molecule has 2 aromatic carbocycles. The van der Waals surface area contributed by atoms with Gasteiger partial charge in [-0.25, -0.2) is 4.39 Å². The molecule has 0 aliphatic carbocycles. The molecule has 128 valence electrons. The van der Waals surface area contributed by atoms with Gasteiger partial charge < -0.3 is 10.3 Å². The third-order valence-electron chi connectivity index (χ3n) is 3.67. The number of carbonyl (C=O) groups is 1. The zero-order chi connectivity index (χ0) is 18.0. The van der Waals surface area contributed by atoms with Gasteiger partial charge in [0.2, 0.25) is 5.91 Å². The number of rotatable bonds is 4. The number of hydrogen-bond donors (Lipinski definition) is 2. The highest BCUT2D eigenvalue weighted by Crippen LogP contribution is 2.14. The molecule has 3 aromatic rings. The summed E-state index contributed by atoms with van der Waals surface area (Å²) in [6.45, 7) is -0.182. The summed E-state index contributed by atoms with van der Waals surface area (Å²) in [5, 5.41) is 3.15. The molecule has 0 saturated heterocycles. The first-order valence-electron chi connectivity index (χ1n) is 7.38. The van der Waals surface area contributed by atoms with Gasteiger partial charge in [-0.2, -0.15) is 0 Å². The smallest absolute Gasteiger partial charge is 0.317 e. The Kier molecular flexibility index (Phi) is 4.67. The van der Waals surface area contributed by atoms with Crippen molar-refractivity contribution in [3.05, 3.63) is 79.6 Å². The lowest BCUT2D eigenvalue weighted by atomic mass is 10.2. The van der Waals surface area contributed by atoms with Gasteiger partial charge in [-0.15, -0.1) is 0 Å². The number of nitrogens with zero attached hydrogens (tertiary/aromatic N) is 1. The Morgan fingerprint density at radius 3 is 2.72 bits per heavy atom. The van der Waals surface area contributed by atoms with Gasteiger partial charge in [-0.3, -0.25) is 19.0 Å². The third-order valence-corrected chi connectivity index (χ3v) is 4.04. The van der Waals surface area contributed by atoms with Crippen LogP contribution in [-0.4, -0.2) is 15.5 Å². The molecule has 3 rings (SSSR count). The molecule has 0 fully saturated rings. The molecule has 0 radical (unpaired) electrons. The Balaban J connectivity index is 1.86.